The fourth-order valence-corrected chi connectivity index (χ4v) is 9.27. The molecule has 0 aliphatic carbocycles. The Morgan fingerprint density at radius 1 is 0.589 bits per heavy atom. The van der Waals surface area contributed by atoms with E-state index in [1.54, 1.807) is 71.5 Å². The summed E-state index contributed by atoms with van der Waals surface area (Å²) in [5.41, 5.74) is 7.77. The molecule has 0 spiro atoms. The molecular formula is C51H58N14O6S2. The largest absolute Gasteiger partial charge is 0.491 e. The van der Waals surface area contributed by atoms with E-state index >= 15 is 0 Å². The number of carbonyl (C=O) groups excluding carboxylic acids is 2. The van der Waals surface area contributed by atoms with Gasteiger partial charge in [0.2, 0.25) is 10.3 Å². The van der Waals surface area contributed by atoms with Crippen LogP contribution in [0.3, 0.4) is 0 Å². The molecule has 2 amide bonds. The average molecular weight is 1030 g/mol. The minimum atomic E-state index is -0.282. The Kier molecular flexibility index (Phi) is 18.2. The number of rotatable bonds is 18. The first kappa shape index (κ1) is 51.7. The van der Waals surface area contributed by atoms with E-state index in [1.807, 2.05) is 73.1 Å². The normalized spacial score (nSPS) is 13.3. The lowest BCUT2D eigenvalue weighted by molar-refractivity contribution is 0.101. The van der Waals surface area contributed by atoms with Crippen LogP contribution in [0.15, 0.2) is 121 Å². The number of thiazole rings is 2. The number of ether oxygens (including phenoxy) is 4. The van der Waals surface area contributed by atoms with E-state index in [4.69, 9.17) is 18.9 Å². The van der Waals surface area contributed by atoms with Crippen molar-refractivity contribution in [2.45, 2.75) is 7.43 Å². The van der Waals surface area contributed by atoms with Gasteiger partial charge in [-0.05, 0) is 47.5 Å². The third-order valence-electron chi connectivity index (χ3n) is 11.5. The molecule has 2 aliphatic heterocycles. The molecular weight excluding hydrogens is 969 g/mol. The molecule has 380 valence electrons. The van der Waals surface area contributed by atoms with Gasteiger partial charge in [0.25, 0.3) is 11.8 Å². The van der Waals surface area contributed by atoms with E-state index in [2.05, 4.69) is 61.2 Å². The summed E-state index contributed by atoms with van der Waals surface area (Å²) in [5.74, 6) is 0.988. The Morgan fingerprint density at radius 3 is 1.59 bits per heavy atom. The van der Waals surface area contributed by atoms with Gasteiger partial charge in [0.05, 0.1) is 60.8 Å². The van der Waals surface area contributed by atoms with Gasteiger partial charge in [0.15, 0.2) is 0 Å². The van der Waals surface area contributed by atoms with Crippen LogP contribution < -0.4 is 40.5 Å². The smallest absolute Gasteiger partial charge is 0.275 e. The predicted octanol–water partition coefficient (Wildman–Crippen LogP) is 6.79. The van der Waals surface area contributed by atoms with Gasteiger partial charge in [-0.15, -0.1) is 22.7 Å². The predicted molar refractivity (Wildman–Crippen MR) is 285 cm³/mol. The van der Waals surface area contributed by atoms with Gasteiger partial charge in [0.1, 0.15) is 36.1 Å². The van der Waals surface area contributed by atoms with Crippen LogP contribution in [0, 0.1) is 0 Å². The average Bonchev–Trinajstić information content (AvgIpc) is 4.29. The second kappa shape index (κ2) is 25.7. The van der Waals surface area contributed by atoms with Crippen molar-refractivity contribution in [1.29, 1.82) is 0 Å². The van der Waals surface area contributed by atoms with Gasteiger partial charge in [-0.3, -0.25) is 19.6 Å². The number of benzene rings is 2. The van der Waals surface area contributed by atoms with Crippen molar-refractivity contribution >= 4 is 57.2 Å². The highest BCUT2D eigenvalue weighted by Crippen LogP contribution is 2.30. The van der Waals surface area contributed by atoms with Crippen LogP contribution in [0.1, 0.15) is 28.4 Å². The molecule has 8 aromatic rings. The molecule has 10 rings (SSSR count). The van der Waals surface area contributed by atoms with Crippen LogP contribution in [-0.2, 0) is 9.47 Å². The van der Waals surface area contributed by atoms with E-state index in [9.17, 15) is 9.59 Å². The summed E-state index contributed by atoms with van der Waals surface area (Å²) in [5, 5.41) is 26.2. The molecule has 0 atom stereocenters. The fraction of sp³-hybridized carbons (Fsp3) is 0.294. The van der Waals surface area contributed by atoms with Gasteiger partial charge in [-0.2, -0.15) is 10.2 Å². The highest BCUT2D eigenvalue weighted by molar-refractivity contribution is 7.12. The third-order valence-corrected chi connectivity index (χ3v) is 13.1. The summed E-state index contributed by atoms with van der Waals surface area (Å²) in [6, 6.07) is 19.5. The maximum Gasteiger partial charge on any atom is 0.275 e. The van der Waals surface area contributed by atoms with Crippen molar-refractivity contribution in [3.05, 3.63) is 132 Å². The Labute approximate surface area is 431 Å². The zero-order valence-corrected chi connectivity index (χ0v) is 41.4. The van der Waals surface area contributed by atoms with Crippen LogP contribution in [0.25, 0.3) is 32.5 Å². The van der Waals surface area contributed by atoms with Crippen LogP contribution in [0.2, 0.25) is 0 Å². The van der Waals surface area contributed by atoms with Crippen molar-refractivity contribution in [3.63, 3.8) is 0 Å². The molecule has 2 fully saturated rings. The molecule has 0 unspecified atom stereocenters. The van der Waals surface area contributed by atoms with Crippen molar-refractivity contribution in [2.75, 3.05) is 113 Å². The SMILES string of the molecule is C.COCCOc1ccc(-c2cnn(-c3nc(C(=O)Nc4cnccc4N4CCNCC4)cs3)c2)cc1.COCCOc1cccc(-c2cnn(-c3nc(C(=O)Nc4cnccc4N4CCNCC4)cs3)c2)c1. The lowest BCUT2D eigenvalue weighted by Gasteiger charge is -2.30. The van der Waals surface area contributed by atoms with Crippen molar-refractivity contribution in [1.82, 2.24) is 50.1 Å². The number of hydrogen-bond donors (Lipinski definition) is 4. The molecule has 20 nitrogen and oxygen atoms in total. The zero-order valence-electron chi connectivity index (χ0n) is 39.8. The van der Waals surface area contributed by atoms with E-state index in [-0.39, 0.29) is 19.2 Å². The number of methoxy groups -OCH3 is 2. The molecule has 8 heterocycles. The maximum absolute atomic E-state index is 13.0. The van der Waals surface area contributed by atoms with Crippen LogP contribution >= 0.6 is 22.7 Å². The van der Waals surface area contributed by atoms with E-state index in [0.717, 1.165) is 97.5 Å². The first-order valence-corrected chi connectivity index (χ1v) is 25.1. The summed E-state index contributed by atoms with van der Waals surface area (Å²) in [6.45, 7) is 9.18. The monoisotopic (exact) mass is 1030 g/mol. The molecule has 0 saturated carbocycles. The topological polar surface area (TPSA) is 213 Å². The number of anilines is 4. The number of amides is 2. The molecule has 2 saturated heterocycles. The Balaban J connectivity index is 0.000000192. The number of carbonyl (C=O) groups is 2. The third kappa shape index (κ3) is 13.5. The van der Waals surface area contributed by atoms with Crippen molar-refractivity contribution in [2.24, 2.45) is 0 Å². The molecule has 22 heteroatoms. The van der Waals surface area contributed by atoms with E-state index in [0.29, 0.717) is 59.5 Å². The van der Waals surface area contributed by atoms with Crippen molar-refractivity contribution < 1.29 is 28.5 Å². The molecule has 4 N–H and O–H groups in total. The molecule has 2 aliphatic rings. The number of pyridine rings is 2. The molecule has 73 heavy (non-hydrogen) atoms. The summed E-state index contributed by atoms with van der Waals surface area (Å²) in [4.78, 5) is 47.9. The summed E-state index contributed by atoms with van der Waals surface area (Å²) in [7, 11) is 3.29. The van der Waals surface area contributed by atoms with Crippen LogP contribution in [0.5, 0.6) is 11.5 Å². The Morgan fingerprint density at radius 2 is 1.08 bits per heavy atom. The highest BCUT2D eigenvalue weighted by Gasteiger charge is 2.21. The molecule has 0 bridgehead atoms. The van der Waals surface area contributed by atoms with Gasteiger partial charge < -0.3 is 50.0 Å². The maximum atomic E-state index is 13.0. The number of hydrogen-bond acceptors (Lipinski definition) is 18. The second-order valence-electron chi connectivity index (χ2n) is 16.3. The van der Waals surface area contributed by atoms with Gasteiger partial charge in [-0.1, -0.05) is 31.7 Å². The van der Waals surface area contributed by atoms with E-state index in [1.165, 1.54) is 22.7 Å². The first-order valence-electron chi connectivity index (χ1n) is 23.3. The highest BCUT2D eigenvalue weighted by atomic mass is 32.1. The van der Waals surface area contributed by atoms with E-state index < -0.39 is 0 Å². The Hall–Kier alpha value is -7.60. The minimum Gasteiger partial charge on any atom is -0.491 e. The quantitative estimate of drug-likeness (QED) is 0.0652. The number of piperazine rings is 2. The van der Waals surface area contributed by atoms with Crippen LogP contribution in [-0.4, -0.2) is 144 Å². The van der Waals surface area contributed by atoms with Gasteiger partial charge >= 0.3 is 0 Å². The lowest BCUT2D eigenvalue weighted by atomic mass is 10.1. The lowest BCUT2D eigenvalue weighted by Crippen LogP contribution is -2.43. The zero-order chi connectivity index (χ0) is 49.5. The van der Waals surface area contributed by atoms with Crippen LogP contribution in [0.4, 0.5) is 22.7 Å². The summed E-state index contributed by atoms with van der Waals surface area (Å²) < 4.78 is 24.7. The number of nitrogens with zero attached hydrogens (tertiary/aromatic N) is 10. The standard InChI is InChI=1S/2C25H27N7O3S.CH4/c1-34-12-13-35-20-4-2-18(3-5-20)19-14-28-32(16-19)25-30-22(17-36-25)24(33)29-21-15-27-7-6-23(21)31-10-8-26-9-11-31;1-34-11-12-35-20-4-2-3-18(13-20)19-14-28-32(16-19)25-30-22(17-36-25)24(33)29-21-15-27-6-5-23(21)31-9-7-26-8-10-31;/h2-7,14-17,26H,8-13H2,1H3,(H,29,33);2-6,13-17,26H,7-12H2,1H3,(H,29,33);1H4. The summed E-state index contributed by atoms with van der Waals surface area (Å²) in [6.07, 6.45) is 14.2. The molecule has 0 radical (unpaired) electrons. The van der Waals surface area contributed by atoms with Gasteiger partial charge in [0, 0.05) is 113 Å². The number of nitrogens with one attached hydrogen (secondary N) is 4. The molecule has 6 aromatic heterocycles. The molecule has 2 aromatic carbocycles. The minimum absolute atomic E-state index is 0. The Bertz CT molecular complexity index is 3020. The van der Waals surface area contributed by atoms with Gasteiger partial charge in [-0.25, -0.2) is 19.3 Å². The summed E-state index contributed by atoms with van der Waals surface area (Å²) >= 11 is 2.71. The fourth-order valence-electron chi connectivity index (χ4n) is 7.80. The number of aromatic nitrogens is 8. The van der Waals surface area contributed by atoms with Crippen molar-refractivity contribution in [3.8, 4) is 44.0 Å². The first-order chi connectivity index (χ1) is 35.4. The second-order valence-corrected chi connectivity index (χ2v) is 18.0.